The van der Waals surface area contributed by atoms with E-state index in [2.05, 4.69) is 0 Å². The van der Waals surface area contributed by atoms with Gasteiger partial charge in [0, 0.05) is 12.5 Å². The number of ether oxygens (including phenoxy) is 1. The van der Waals surface area contributed by atoms with E-state index in [1.807, 2.05) is 31.2 Å². The average molecular weight is 305 g/mol. The molecule has 1 aromatic rings. The smallest absolute Gasteiger partial charge is 0.308 e. The fourth-order valence-corrected chi connectivity index (χ4v) is 2.22. The molecule has 0 aromatic heterocycles. The van der Waals surface area contributed by atoms with Gasteiger partial charge < -0.3 is 14.7 Å². The summed E-state index contributed by atoms with van der Waals surface area (Å²) in [6.07, 6.45) is 2.64. The van der Waals surface area contributed by atoms with Crippen LogP contribution in [0.2, 0.25) is 0 Å². The zero-order valence-corrected chi connectivity index (χ0v) is 13.1. The van der Waals surface area contributed by atoms with Crippen LogP contribution < -0.4 is 9.64 Å². The molecule has 0 heterocycles. The van der Waals surface area contributed by atoms with Crippen molar-refractivity contribution in [2.45, 2.75) is 33.1 Å². The van der Waals surface area contributed by atoms with Crippen molar-refractivity contribution >= 4 is 17.6 Å². The molecule has 0 bridgehead atoms. The van der Waals surface area contributed by atoms with Gasteiger partial charge in [0.2, 0.25) is 5.91 Å². The maximum Gasteiger partial charge on any atom is 0.308 e. The summed E-state index contributed by atoms with van der Waals surface area (Å²) in [5, 5.41) is 9.16. The van der Waals surface area contributed by atoms with Crippen LogP contribution in [0.25, 0.3) is 0 Å². The maximum atomic E-state index is 12.6. The molecule has 2 rings (SSSR count). The zero-order valence-electron chi connectivity index (χ0n) is 13.1. The van der Waals surface area contributed by atoms with Crippen molar-refractivity contribution in [1.82, 2.24) is 0 Å². The van der Waals surface area contributed by atoms with Gasteiger partial charge in [0.1, 0.15) is 5.75 Å². The Morgan fingerprint density at radius 2 is 2.05 bits per heavy atom. The quantitative estimate of drug-likeness (QED) is 0.802. The molecule has 22 heavy (non-hydrogen) atoms. The molecule has 0 radical (unpaired) electrons. The van der Waals surface area contributed by atoms with Gasteiger partial charge in [0.05, 0.1) is 18.2 Å². The predicted octanol–water partition coefficient (Wildman–Crippen LogP) is 2.94. The third-order valence-corrected chi connectivity index (χ3v) is 3.69. The third-order valence-electron chi connectivity index (χ3n) is 3.69. The molecule has 1 unspecified atom stereocenters. The van der Waals surface area contributed by atoms with Crippen molar-refractivity contribution < 1.29 is 19.4 Å². The lowest BCUT2D eigenvalue weighted by Crippen LogP contribution is -2.38. The highest BCUT2D eigenvalue weighted by molar-refractivity contribution is 5.98. The van der Waals surface area contributed by atoms with Crippen LogP contribution >= 0.6 is 0 Å². The number of hydrogen-bond donors (Lipinski definition) is 1. The molecule has 5 heteroatoms. The number of carboxylic acids is 1. The van der Waals surface area contributed by atoms with Crippen LogP contribution in [0.15, 0.2) is 24.3 Å². The van der Waals surface area contributed by atoms with Gasteiger partial charge >= 0.3 is 5.97 Å². The Kier molecular flexibility index (Phi) is 5.41. The molecule has 1 aromatic carbocycles. The van der Waals surface area contributed by atoms with Gasteiger partial charge in [-0.25, -0.2) is 0 Å². The van der Waals surface area contributed by atoms with E-state index >= 15 is 0 Å². The van der Waals surface area contributed by atoms with Crippen molar-refractivity contribution in [2.24, 2.45) is 11.8 Å². The Morgan fingerprint density at radius 3 is 2.64 bits per heavy atom. The van der Waals surface area contributed by atoms with Crippen LogP contribution in [-0.2, 0) is 9.59 Å². The number of nitrogens with zero attached hydrogens (tertiary/aromatic N) is 1. The van der Waals surface area contributed by atoms with Crippen LogP contribution in [0, 0.1) is 11.8 Å². The normalized spacial score (nSPS) is 15.2. The molecule has 1 aliphatic carbocycles. The molecular weight excluding hydrogens is 282 g/mol. The first-order valence-corrected chi connectivity index (χ1v) is 7.80. The first kappa shape index (κ1) is 16.3. The highest BCUT2D eigenvalue weighted by atomic mass is 16.5. The van der Waals surface area contributed by atoms with E-state index in [-0.39, 0.29) is 18.4 Å². The number of carbonyl (C=O) groups is 2. The predicted molar refractivity (Wildman–Crippen MR) is 84.1 cm³/mol. The number of rotatable bonds is 8. The summed E-state index contributed by atoms with van der Waals surface area (Å²) in [4.78, 5) is 25.3. The van der Waals surface area contributed by atoms with Gasteiger partial charge in [-0.15, -0.1) is 0 Å². The molecule has 0 saturated heterocycles. The van der Waals surface area contributed by atoms with Gasteiger partial charge in [0.15, 0.2) is 0 Å². The second-order valence-electron chi connectivity index (χ2n) is 5.78. The summed E-state index contributed by atoms with van der Waals surface area (Å²) >= 11 is 0. The van der Waals surface area contributed by atoms with Crippen LogP contribution in [0.4, 0.5) is 5.69 Å². The SMILES string of the molecule is CCCOc1ccccc1N(CC(C)C(=O)O)C(=O)C1CC1. The van der Waals surface area contributed by atoms with E-state index in [4.69, 9.17) is 9.84 Å². The van der Waals surface area contributed by atoms with Crippen molar-refractivity contribution in [3.63, 3.8) is 0 Å². The average Bonchev–Trinajstić information content (AvgIpc) is 3.34. The van der Waals surface area contributed by atoms with E-state index < -0.39 is 11.9 Å². The van der Waals surface area contributed by atoms with Crippen LogP contribution in [0.3, 0.4) is 0 Å². The van der Waals surface area contributed by atoms with E-state index in [1.165, 1.54) is 0 Å². The van der Waals surface area contributed by atoms with Crippen LogP contribution in [-0.4, -0.2) is 30.1 Å². The molecule has 1 saturated carbocycles. The van der Waals surface area contributed by atoms with E-state index in [0.717, 1.165) is 19.3 Å². The van der Waals surface area contributed by atoms with E-state index in [0.29, 0.717) is 18.0 Å². The topological polar surface area (TPSA) is 66.8 Å². The number of carboxylic acid groups (broad SMARTS) is 1. The minimum atomic E-state index is -0.902. The Bertz CT molecular complexity index is 539. The molecule has 1 N–H and O–H groups in total. The first-order chi connectivity index (χ1) is 10.5. The molecule has 1 fully saturated rings. The minimum Gasteiger partial charge on any atom is -0.491 e. The monoisotopic (exact) mass is 305 g/mol. The Balaban J connectivity index is 2.27. The summed E-state index contributed by atoms with van der Waals surface area (Å²) < 4.78 is 5.72. The highest BCUT2D eigenvalue weighted by Gasteiger charge is 2.36. The Morgan fingerprint density at radius 1 is 1.36 bits per heavy atom. The van der Waals surface area contributed by atoms with Gasteiger partial charge in [-0.3, -0.25) is 9.59 Å². The molecule has 1 atom stereocenters. The largest absolute Gasteiger partial charge is 0.491 e. The number of anilines is 1. The standard InChI is InChI=1S/C17H23NO4/c1-3-10-22-15-7-5-4-6-14(15)18(11-12(2)17(20)21)16(19)13-8-9-13/h4-7,12-13H,3,8-11H2,1-2H3,(H,20,21). The summed E-state index contributed by atoms with van der Waals surface area (Å²) in [5.41, 5.74) is 0.668. The first-order valence-electron chi connectivity index (χ1n) is 7.80. The van der Waals surface area contributed by atoms with Crippen molar-refractivity contribution in [2.75, 3.05) is 18.1 Å². The molecular formula is C17H23NO4. The number of benzene rings is 1. The van der Waals surface area contributed by atoms with E-state index in [1.54, 1.807) is 11.8 Å². The van der Waals surface area contributed by atoms with Crippen molar-refractivity contribution in [1.29, 1.82) is 0 Å². The highest BCUT2D eigenvalue weighted by Crippen LogP contribution is 2.36. The lowest BCUT2D eigenvalue weighted by atomic mass is 10.1. The molecule has 120 valence electrons. The van der Waals surface area contributed by atoms with Gasteiger partial charge in [0.25, 0.3) is 0 Å². The molecule has 0 spiro atoms. The fourth-order valence-electron chi connectivity index (χ4n) is 2.22. The zero-order chi connectivity index (χ0) is 16.1. The summed E-state index contributed by atoms with van der Waals surface area (Å²) in [5.74, 6) is -0.862. The van der Waals surface area contributed by atoms with Crippen molar-refractivity contribution in [3.05, 3.63) is 24.3 Å². The fraction of sp³-hybridized carbons (Fsp3) is 0.529. The van der Waals surface area contributed by atoms with E-state index in [9.17, 15) is 9.59 Å². The molecule has 5 nitrogen and oxygen atoms in total. The van der Waals surface area contributed by atoms with Gasteiger partial charge in [-0.05, 0) is 31.4 Å². The van der Waals surface area contributed by atoms with Crippen LogP contribution in [0.5, 0.6) is 5.75 Å². The van der Waals surface area contributed by atoms with Crippen molar-refractivity contribution in [3.8, 4) is 5.75 Å². The molecule has 1 amide bonds. The molecule has 0 aliphatic heterocycles. The van der Waals surface area contributed by atoms with Gasteiger partial charge in [-0.1, -0.05) is 26.0 Å². The second kappa shape index (κ2) is 7.29. The van der Waals surface area contributed by atoms with Crippen LogP contribution in [0.1, 0.15) is 33.1 Å². The maximum absolute atomic E-state index is 12.6. The minimum absolute atomic E-state index is 0.000600. The number of amides is 1. The number of hydrogen-bond acceptors (Lipinski definition) is 3. The Hall–Kier alpha value is -2.04. The lowest BCUT2D eigenvalue weighted by Gasteiger charge is -2.26. The number of aliphatic carboxylic acids is 1. The third kappa shape index (κ3) is 4.00. The summed E-state index contributed by atoms with van der Waals surface area (Å²) in [6, 6.07) is 7.34. The van der Waals surface area contributed by atoms with Gasteiger partial charge in [-0.2, -0.15) is 0 Å². The summed E-state index contributed by atoms with van der Waals surface area (Å²) in [6.45, 7) is 4.36. The Labute approximate surface area is 130 Å². The lowest BCUT2D eigenvalue weighted by molar-refractivity contribution is -0.140. The summed E-state index contributed by atoms with van der Waals surface area (Å²) in [7, 11) is 0. The number of para-hydroxylation sites is 2. The number of carbonyl (C=O) groups excluding carboxylic acids is 1. The second-order valence-corrected chi connectivity index (χ2v) is 5.78. The molecule has 1 aliphatic rings.